The zero-order chi connectivity index (χ0) is 20.8. The molecule has 0 radical (unpaired) electrons. The summed E-state index contributed by atoms with van der Waals surface area (Å²) in [5, 5.41) is 7.79. The first-order valence-corrected chi connectivity index (χ1v) is 10.6. The molecule has 3 heterocycles. The summed E-state index contributed by atoms with van der Waals surface area (Å²) in [7, 11) is 1.76. The number of amides is 1. The minimum Gasteiger partial charge on any atom is -0.369 e. The lowest BCUT2D eigenvalue weighted by Gasteiger charge is -2.32. The fraction of sp³-hybridized carbons (Fsp3) is 0.500. The van der Waals surface area contributed by atoms with E-state index in [9.17, 15) is 4.79 Å². The lowest BCUT2D eigenvalue weighted by atomic mass is 9.96. The van der Waals surface area contributed by atoms with Crippen molar-refractivity contribution in [3.63, 3.8) is 0 Å². The van der Waals surface area contributed by atoms with E-state index in [-0.39, 0.29) is 35.8 Å². The highest BCUT2D eigenvalue weighted by molar-refractivity contribution is 14.0. The van der Waals surface area contributed by atoms with Crippen LogP contribution in [0.5, 0.6) is 0 Å². The molecule has 8 nitrogen and oxygen atoms in total. The van der Waals surface area contributed by atoms with Gasteiger partial charge in [-0.25, -0.2) is 9.97 Å². The molecule has 0 aliphatic carbocycles. The highest BCUT2D eigenvalue weighted by Crippen LogP contribution is 2.24. The first-order chi connectivity index (χ1) is 14.0. The number of nitrogens with one attached hydrogen (secondary N) is 2. The molecule has 1 fully saturated rings. The number of carbonyl (C=O) groups excluding carboxylic acids is 1. The Balaban J connectivity index is 0.00000320. The summed E-state index contributed by atoms with van der Waals surface area (Å²) < 4.78 is 0. The molecule has 0 atom stereocenters. The van der Waals surface area contributed by atoms with Gasteiger partial charge >= 0.3 is 0 Å². The van der Waals surface area contributed by atoms with Crippen molar-refractivity contribution in [2.24, 2.45) is 16.6 Å². The summed E-state index contributed by atoms with van der Waals surface area (Å²) >= 11 is 1.70. The van der Waals surface area contributed by atoms with Gasteiger partial charge in [0.1, 0.15) is 5.82 Å². The number of primary amides is 1. The zero-order valence-electron chi connectivity index (χ0n) is 17.6. The number of halogens is 1. The van der Waals surface area contributed by atoms with E-state index >= 15 is 0 Å². The van der Waals surface area contributed by atoms with Crippen LogP contribution >= 0.6 is 35.3 Å². The monoisotopic (exact) mass is 543 g/mol. The predicted octanol–water partition coefficient (Wildman–Crippen LogP) is 2.34. The number of rotatable bonds is 6. The van der Waals surface area contributed by atoms with E-state index in [0.717, 1.165) is 54.0 Å². The zero-order valence-corrected chi connectivity index (χ0v) is 20.8. The van der Waals surface area contributed by atoms with Gasteiger partial charge in [-0.2, -0.15) is 0 Å². The fourth-order valence-corrected chi connectivity index (χ4v) is 4.41. The van der Waals surface area contributed by atoms with E-state index in [1.54, 1.807) is 24.6 Å². The van der Waals surface area contributed by atoms with Gasteiger partial charge < -0.3 is 21.3 Å². The summed E-state index contributed by atoms with van der Waals surface area (Å²) in [6.45, 7) is 6.92. The maximum absolute atomic E-state index is 11.4. The molecule has 0 saturated carbocycles. The smallest absolute Gasteiger partial charge is 0.220 e. The molecule has 1 aliphatic rings. The first-order valence-electron chi connectivity index (χ1n) is 9.83. The Bertz CT molecular complexity index is 878. The van der Waals surface area contributed by atoms with Crippen LogP contribution in [0.25, 0.3) is 0 Å². The molecule has 2 aromatic rings. The standard InChI is InChI=1S/C20H29N7OS.HI/c1-13-17(29-14(2)26-13)12-25-20(22-3)24-11-16-5-4-8-23-19(16)27-9-6-15(7-10-27)18(21)28;/h4-5,8,15H,6-7,9-12H2,1-3H3,(H2,21,28)(H2,22,24,25);1H. The van der Waals surface area contributed by atoms with E-state index < -0.39 is 0 Å². The molecule has 30 heavy (non-hydrogen) atoms. The van der Waals surface area contributed by atoms with E-state index in [4.69, 9.17) is 5.73 Å². The van der Waals surface area contributed by atoms with Crippen LogP contribution in [0.3, 0.4) is 0 Å². The fourth-order valence-electron chi connectivity index (χ4n) is 3.53. The van der Waals surface area contributed by atoms with Crippen molar-refractivity contribution in [1.82, 2.24) is 20.6 Å². The number of aliphatic imine (C=N–C) groups is 1. The second-order valence-corrected chi connectivity index (χ2v) is 8.46. The van der Waals surface area contributed by atoms with Gasteiger partial charge in [0, 0.05) is 49.2 Å². The highest BCUT2D eigenvalue weighted by Gasteiger charge is 2.24. The van der Waals surface area contributed by atoms with Crippen LogP contribution in [-0.4, -0.2) is 42.0 Å². The molecular formula is C20H30IN7OS. The van der Waals surface area contributed by atoms with Crippen LogP contribution < -0.4 is 21.3 Å². The molecule has 0 bridgehead atoms. The number of aryl methyl sites for hydroxylation is 2. The van der Waals surface area contributed by atoms with Gasteiger partial charge in [-0.3, -0.25) is 9.79 Å². The maximum atomic E-state index is 11.4. The Hall–Kier alpha value is -1.95. The minimum atomic E-state index is -0.200. The van der Waals surface area contributed by atoms with Crippen molar-refractivity contribution in [3.05, 3.63) is 39.5 Å². The maximum Gasteiger partial charge on any atom is 0.220 e. The van der Waals surface area contributed by atoms with Crippen molar-refractivity contribution >= 4 is 53.0 Å². The van der Waals surface area contributed by atoms with Gasteiger partial charge in [-0.05, 0) is 32.8 Å². The number of hydrogen-bond donors (Lipinski definition) is 3. The van der Waals surface area contributed by atoms with Crippen LogP contribution in [0.2, 0.25) is 0 Å². The Morgan fingerprint density at radius 2 is 2.00 bits per heavy atom. The largest absolute Gasteiger partial charge is 0.369 e. The minimum absolute atomic E-state index is 0. The van der Waals surface area contributed by atoms with Gasteiger partial charge in [0.25, 0.3) is 0 Å². The van der Waals surface area contributed by atoms with Gasteiger partial charge in [-0.1, -0.05) is 6.07 Å². The summed E-state index contributed by atoms with van der Waals surface area (Å²) in [6.07, 6.45) is 3.35. The molecule has 10 heteroatoms. The number of aromatic nitrogens is 2. The van der Waals surface area contributed by atoms with E-state index in [1.165, 1.54) is 4.88 Å². The van der Waals surface area contributed by atoms with Crippen molar-refractivity contribution in [2.75, 3.05) is 25.0 Å². The molecule has 0 aromatic carbocycles. The van der Waals surface area contributed by atoms with Gasteiger partial charge in [0.05, 0.1) is 17.2 Å². The lowest BCUT2D eigenvalue weighted by Crippen LogP contribution is -2.40. The lowest BCUT2D eigenvalue weighted by molar-refractivity contribution is -0.122. The number of hydrogen-bond acceptors (Lipinski definition) is 6. The highest BCUT2D eigenvalue weighted by atomic mass is 127. The third-order valence-electron chi connectivity index (χ3n) is 5.15. The first kappa shape index (κ1) is 24.3. The van der Waals surface area contributed by atoms with Crippen molar-refractivity contribution in [1.29, 1.82) is 0 Å². The Morgan fingerprint density at radius 3 is 2.60 bits per heavy atom. The van der Waals surface area contributed by atoms with Crippen molar-refractivity contribution in [2.45, 2.75) is 39.8 Å². The Labute approximate surface area is 198 Å². The number of nitrogens with zero attached hydrogens (tertiary/aromatic N) is 4. The van der Waals surface area contributed by atoms with Gasteiger partial charge in [0.15, 0.2) is 5.96 Å². The van der Waals surface area contributed by atoms with Crippen LogP contribution in [0.4, 0.5) is 5.82 Å². The van der Waals surface area contributed by atoms with Crippen LogP contribution in [-0.2, 0) is 17.9 Å². The quantitative estimate of drug-likeness (QED) is 0.293. The normalized spacial score (nSPS) is 14.9. The molecule has 0 spiro atoms. The molecule has 1 aliphatic heterocycles. The van der Waals surface area contributed by atoms with E-state index in [2.05, 4.69) is 36.6 Å². The van der Waals surface area contributed by atoms with E-state index in [0.29, 0.717) is 13.1 Å². The second-order valence-electron chi connectivity index (χ2n) is 7.17. The molecule has 2 aromatic heterocycles. The third-order valence-corrected chi connectivity index (χ3v) is 6.22. The number of anilines is 1. The summed E-state index contributed by atoms with van der Waals surface area (Å²) in [5.41, 5.74) is 7.61. The number of piperidine rings is 1. The predicted molar refractivity (Wildman–Crippen MR) is 132 cm³/mol. The Kier molecular flexibility index (Phi) is 9.28. The van der Waals surface area contributed by atoms with Gasteiger partial charge in [0.2, 0.25) is 5.91 Å². The topological polar surface area (TPSA) is 109 Å². The van der Waals surface area contributed by atoms with Crippen molar-refractivity contribution in [3.8, 4) is 0 Å². The molecular weight excluding hydrogens is 513 g/mol. The number of carbonyl (C=O) groups is 1. The van der Waals surface area contributed by atoms with Crippen LogP contribution in [0.15, 0.2) is 23.3 Å². The molecule has 4 N–H and O–H groups in total. The molecule has 3 rings (SSSR count). The average Bonchev–Trinajstić information content (AvgIpc) is 3.05. The Morgan fingerprint density at radius 1 is 1.30 bits per heavy atom. The molecule has 164 valence electrons. The summed E-state index contributed by atoms with van der Waals surface area (Å²) in [6, 6.07) is 4.01. The number of thiazole rings is 1. The number of pyridine rings is 1. The number of guanidine groups is 1. The van der Waals surface area contributed by atoms with Crippen LogP contribution in [0.1, 0.15) is 34.0 Å². The second kappa shape index (κ2) is 11.4. The van der Waals surface area contributed by atoms with Gasteiger partial charge in [-0.15, -0.1) is 35.3 Å². The SMILES string of the molecule is CN=C(NCc1cccnc1N1CCC(C(N)=O)CC1)NCc1sc(C)nc1C.I. The summed E-state index contributed by atoms with van der Waals surface area (Å²) in [4.78, 5) is 28.2. The molecule has 0 unspecified atom stereocenters. The number of nitrogens with two attached hydrogens (primary N) is 1. The third kappa shape index (κ3) is 6.27. The molecule has 1 saturated heterocycles. The van der Waals surface area contributed by atoms with Crippen LogP contribution in [0, 0.1) is 19.8 Å². The van der Waals surface area contributed by atoms with Crippen molar-refractivity contribution < 1.29 is 4.79 Å². The average molecular weight is 543 g/mol. The summed E-state index contributed by atoms with van der Waals surface area (Å²) in [5.74, 6) is 1.46. The van der Waals surface area contributed by atoms with E-state index in [1.807, 2.05) is 19.9 Å². The molecule has 1 amide bonds.